The van der Waals surface area contributed by atoms with Crippen LogP contribution >= 0.6 is 0 Å². The maximum absolute atomic E-state index is 12.8. The number of nitrogens with two attached hydrogens (primary N) is 2. The van der Waals surface area contributed by atoms with Crippen molar-refractivity contribution in [1.82, 2.24) is 24.7 Å². The number of aromatic nitrogens is 5. The van der Waals surface area contributed by atoms with E-state index in [4.69, 9.17) is 11.5 Å². The maximum atomic E-state index is 12.8. The smallest absolute Gasteiger partial charge is 0.281 e. The van der Waals surface area contributed by atoms with E-state index >= 15 is 0 Å². The van der Waals surface area contributed by atoms with Crippen molar-refractivity contribution in [3.8, 4) is 11.3 Å². The molecule has 1 amide bonds. The van der Waals surface area contributed by atoms with E-state index in [1.807, 2.05) is 19.1 Å². The molecule has 0 aliphatic heterocycles. The van der Waals surface area contributed by atoms with Crippen LogP contribution in [0.3, 0.4) is 0 Å². The number of nitrogens with zero attached hydrogens (tertiary/aromatic N) is 6. The highest BCUT2D eigenvalue weighted by molar-refractivity contribution is 6.06. The van der Waals surface area contributed by atoms with Crippen molar-refractivity contribution in [3.63, 3.8) is 0 Å². The Morgan fingerprint density at radius 3 is 2.42 bits per heavy atom. The van der Waals surface area contributed by atoms with Crippen molar-refractivity contribution in [1.29, 1.82) is 0 Å². The first-order chi connectivity index (χ1) is 15.6. The molecular weight excluding hydrogens is 420 g/mol. The number of pyridine rings is 1. The predicted octanol–water partition coefficient (Wildman–Crippen LogP) is 1.95. The van der Waals surface area contributed by atoms with Gasteiger partial charge in [0.25, 0.3) is 5.91 Å². The molecule has 1 unspecified atom stereocenters. The van der Waals surface area contributed by atoms with E-state index in [9.17, 15) is 9.90 Å². The second-order valence-corrected chi connectivity index (χ2v) is 9.28. The molecule has 172 valence electrons. The van der Waals surface area contributed by atoms with Gasteiger partial charge in [0.1, 0.15) is 5.84 Å². The summed E-state index contributed by atoms with van der Waals surface area (Å²) < 4.78 is 1.52. The fourth-order valence-electron chi connectivity index (χ4n) is 3.84. The van der Waals surface area contributed by atoms with Crippen LogP contribution in [0, 0.1) is 5.92 Å². The van der Waals surface area contributed by atoms with Gasteiger partial charge in [0.2, 0.25) is 5.95 Å². The summed E-state index contributed by atoms with van der Waals surface area (Å²) in [6.07, 6.45) is 10.0. The Morgan fingerprint density at radius 1 is 1.15 bits per heavy atom. The molecule has 3 aromatic heterocycles. The Morgan fingerprint density at radius 2 is 1.85 bits per heavy atom. The van der Waals surface area contributed by atoms with Gasteiger partial charge in [-0.3, -0.25) is 14.5 Å². The van der Waals surface area contributed by atoms with Crippen LogP contribution in [0.2, 0.25) is 0 Å². The molecule has 10 nitrogen and oxygen atoms in total. The second kappa shape index (κ2) is 8.36. The Labute approximate surface area is 191 Å². The minimum absolute atomic E-state index is 0.205. The summed E-state index contributed by atoms with van der Waals surface area (Å²) in [4.78, 5) is 29.6. The zero-order valence-electron chi connectivity index (χ0n) is 18.9. The number of carbonyl (C=O) groups is 1. The minimum atomic E-state index is -0.948. The molecule has 5 N–H and O–H groups in total. The van der Waals surface area contributed by atoms with Gasteiger partial charge in [0, 0.05) is 30.4 Å². The number of anilines is 1. The van der Waals surface area contributed by atoms with Crippen molar-refractivity contribution in [2.75, 3.05) is 5.73 Å². The number of hydrogen-bond acceptors (Lipinski definition) is 7. The minimum Gasteiger partial charge on any atom is -0.389 e. The van der Waals surface area contributed by atoms with Crippen molar-refractivity contribution < 1.29 is 9.90 Å². The number of aliphatic imine (C=N–C) groups is 1. The third-order valence-corrected chi connectivity index (χ3v) is 5.91. The fourth-order valence-corrected chi connectivity index (χ4v) is 3.84. The van der Waals surface area contributed by atoms with Crippen LogP contribution in [0.4, 0.5) is 5.95 Å². The van der Waals surface area contributed by atoms with Gasteiger partial charge < -0.3 is 16.6 Å². The zero-order chi connectivity index (χ0) is 23.8. The van der Waals surface area contributed by atoms with E-state index < -0.39 is 16.9 Å². The quantitative estimate of drug-likeness (QED) is 0.365. The molecule has 1 aliphatic carbocycles. The molecule has 0 spiro atoms. The van der Waals surface area contributed by atoms with Crippen LogP contribution in [0.25, 0.3) is 11.3 Å². The molecule has 0 radical (unpaired) electrons. The normalized spacial score (nSPS) is 16.4. The third-order valence-electron chi connectivity index (χ3n) is 5.91. The van der Waals surface area contributed by atoms with Gasteiger partial charge in [-0.15, -0.1) is 0 Å². The van der Waals surface area contributed by atoms with Crippen molar-refractivity contribution in [2.45, 2.75) is 51.2 Å². The number of amidine groups is 1. The molecule has 1 atom stereocenters. The van der Waals surface area contributed by atoms with Crippen LogP contribution in [0.5, 0.6) is 0 Å². The zero-order valence-corrected chi connectivity index (χ0v) is 18.9. The van der Waals surface area contributed by atoms with Gasteiger partial charge in [0.05, 0.1) is 35.0 Å². The van der Waals surface area contributed by atoms with E-state index in [1.165, 1.54) is 10.9 Å². The first kappa shape index (κ1) is 22.5. The average molecular weight is 449 g/mol. The van der Waals surface area contributed by atoms with Gasteiger partial charge in [-0.25, -0.2) is 9.97 Å². The van der Waals surface area contributed by atoms with Crippen molar-refractivity contribution in [3.05, 3.63) is 54.2 Å². The second-order valence-electron chi connectivity index (χ2n) is 9.28. The highest BCUT2D eigenvalue weighted by Gasteiger charge is 2.46. The fraction of sp³-hybridized carbons (Fsp3) is 0.391. The number of hydrogen-bond donors (Lipinski definition) is 3. The number of aliphatic hydroxyl groups is 1. The summed E-state index contributed by atoms with van der Waals surface area (Å²) in [7, 11) is 0. The van der Waals surface area contributed by atoms with Crippen molar-refractivity contribution in [2.24, 2.45) is 16.6 Å². The monoisotopic (exact) mass is 448 g/mol. The molecule has 1 aliphatic rings. The number of nitrogen functional groups attached to an aromatic ring is 1. The molecule has 1 fully saturated rings. The molecule has 0 aromatic carbocycles. The maximum Gasteiger partial charge on any atom is 0.281 e. The Kier molecular flexibility index (Phi) is 5.71. The van der Waals surface area contributed by atoms with E-state index in [2.05, 4.69) is 25.0 Å². The molecule has 10 heteroatoms. The largest absolute Gasteiger partial charge is 0.389 e. The molecule has 0 bridgehead atoms. The van der Waals surface area contributed by atoms with E-state index in [0.29, 0.717) is 11.3 Å². The topological polar surface area (TPSA) is 158 Å². The van der Waals surface area contributed by atoms with Gasteiger partial charge in [-0.05, 0) is 51.2 Å². The van der Waals surface area contributed by atoms with Gasteiger partial charge in [-0.2, -0.15) is 10.1 Å². The Bertz CT molecular complexity index is 1170. The number of amides is 1. The van der Waals surface area contributed by atoms with Crippen LogP contribution in [-0.4, -0.2) is 47.2 Å². The summed E-state index contributed by atoms with van der Waals surface area (Å²) in [5.74, 6) is 0.260. The SMILES string of the molecule is CC(C)(O)Cn1cc(C(=O)N=C(N)C(C)(c2ccc(-c3cnc(N)nc3)nc2)C2CC2)cn1. The van der Waals surface area contributed by atoms with E-state index in [0.717, 1.165) is 24.0 Å². The summed E-state index contributed by atoms with van der Waals surface area (Å²) >= 11 is 0. The van der Waals surface area contributed by atoms with Gasteiger partial charge in [-0.1, -0.05) is 6.07 Å². The Hall–Kier alpha value is -3.66. The van der Waals surface area contributed by atoms with E-state index in [-0.39, 0.29) is 24.2 Å². The predicted molar refractivity (Wildman–Crippen MR) is 124 cm³/mol. The lowest BCUT2D eigenvalue weighted by molar-refractivity contribution is 0.0576. The van der Waals surface area contributed by atoms with Crippen molar-refractivity contribution >= 4 is 17.7 Å². The summed E-state index contributed by atoms with van der Waals surface area (Å²) in [5.41, 5.74) is 13.1. The number of carbonyl (C=O) groups excluding carboxylic acids is 1. The molecule has 4 rings (SSSR count). The Balaban J connectivity index is 1.58. The van der Waals surface area contributed by atoms with E-state index in [1.54, 1.807) is 38.6 Å². The van der Waals surface area contributed by atoms with Gasteiger partial charge >= 0.3 is 0 Å². The first-order valence-electron chi connectivity index (χ1n) is 10.7. The van der Waals surface area contributed by atoms with Crippen LogP contribution in [-0.2, 0) is 12.0 Å². The van der Waals surface area contributed by atoms with Gasteiger partial charge in [0.15, 0.2) is 0 Å². The standard InChI is InChI=1S/C23H28N8O2/c1-22(2,33)13-31-12-15(10-29-31)19(32)30-20(24)23(3,16-4-5-16)17-6-7-18(26-11-17)14-8-27-21(25)28-9-14/h6-12,16,33H,4-5,13H2,1-3H3,(H2,24,30,32)(H2,25,27,28). The molecule has 3 aromatic rings. The molecule has 3 heterocycles. The van der Waals surface area contributed by atoms with Crippen LogP contribution in [0.1, 0.15) is 49.5 Å². The molecule has 1 saturated carbocycles. The lowest BCUT2D eigenvalue weighted by Gasteiger charge is -2.29. The lowest BCUT2D eigenvalue weighted by Crippen LogP contribution is -2.41. The highest BCUT2D eigenvalue weighted by Crippen LogP contribution is 2.47. The highest BCUT2D eigenvalue weighted by atomic mass is 16.3. The summed E-state index contributed by atoms with van der Waals surface area (Å²) in [6.45, 7) is 5.60. The van der Waals surface area contributed by atoms with Crippen LogP contribution in [0.15, 0.2) is 48.1 Å². The molecule has 33 heavy (non-hydrogen) atoms. The number of rotatable bonds is 7. The molecule has 0 saturated heterocycles. The molecular formula is C23H28N8O2. The summed E-state index contributed by atoms with van der Waals surface area (Å²) in [6, 6.07) is 3.83. The average Bonchev–Trinajstić information content (AvgIpc) is 3.52. The van der Waals surface area contributed by atoms with Crippen LogP contribution < -0.4 is 11.5 Å². The first-order valence-corrected chi connectivity index (χ1v) is 10.7. The lowest BCUT2D eigenvalue weighted by atomic mass is 9.77. The third kappa shape index (κ3) is 4.90. The summed E-state index contributed by atoms with van der Waals surface area (Å²) in [5, 5.41) is 14.1.